The van der Waals surface area contributed by atoms with E-state index in [0.717, 1.165) is 12.8 Å². The smallest absolute Gasteiger partial charge is 0.408 e. The van der Waals surface area contributed by atoms with Gasteiger partial charge in [-0.3, -0.25) is 9.59 Å². The zero-order valence-corrected chi connectivity index (χ0v) is 20.2. The fraction of sp³-hybridized carbons (Fsp3) is 0.560. The van der Waals surface area contributed by atoms with Crippen molar-refractivity contribution >= 4 is 17.9 Å². The molecular formula is C25H37N3O4. The van der Waals surface area contributed by atoms with Crippen molar-refractivity contribution in [3.05, 3.63) is 35.4 Å². The first-order valence-corrected chi connectivity index (χ1v) is 11.2. The Balaban J connectivity index is 3.16. The molecule has 7 nitrogen and oxygen atoms in total. The summed E-state index contributed by atoms with van der Waals surface area (Å²) < 4.78 is 5.21. The number of alkyl carbamates (subject to hydrolysis) is 1. The van der Waals surface area contributed by atoms with E-state index in [1.165, 1.54) is 4.90 Å². The summed E-state index contributed by atoms with van der Waals surface area (Å²) >= 11 is 0. The van der Waals surface area contributed by atoms with Gasteiger partial charge in [0, 0.05) is 18.2 Å². The highest BCUT2D eigenvalue weighted by molar-refractivity contribution is 5.90. The second kappa shape index (κ2) is 12.7. The van der Waals surface area contributed by atoms with Crippen LogP contribution >= 0.6 is 0 Å². The fourth-order valence-electron chi connectivity index (χ4n) is 3.26. The largest absolute Gasteiger partial charge is 0.444 e. The Hall–Kier alpha value is -3.01. The maximum atomic E-state index is 13.3. The van der Waals surface area contributed by atoms with Crippen LogP contribution in [-0.2, 0) is 14.3 Å². The third-order valence-corrected chi connectivity index (χ3v) is 4.63. The van der Waals surface area contributed by atoms with Crippen molar-refractivity contribution in [2.24, 2.45) is 0 Å². The molecule has 0 bridgehead atoms. The Labute approximate surface area is 192 Å². The lowest BCUT2D eigenvalue weighted by Gasteiger charge is -2.32. The molecule has 176 valence electrons. The lowest BCUT2D eigenvalue weighted by atomic mass is 10.0. The van der Waals surface area contributed by atoms with Crippen LogP contribution in [0.1, 0.15) is 78.0 Å². The number of nitrogens with one attached hydrogen (secondary N) is 2. The van der Waals surface area contributed by atoms with Gasteiger partial charge in [-0.2, -0.15) is 0 Å². The van der Waals surface area contributed by atoms with Crippen molar-refractivity contribution in [3.8, 4) is 12.3 Å². The Kier molecular flexibility index (Phi) is 10.8. The molecule has 3 amide bonds. The summed E-state index contributed by atoms with van der Waals surface area (Å²) in [5.41, 5.74) is 0.670. The summed E-state index contributed by atoms with van der Waals surface area (Å²) in [5, 5.41) is 5.50. The third-order valence-electron chi connectivity index (χ3n) is 4.63. The van der Waals surface area contributed by atoms with Crippen molar-refractivity contribution in [3.63, 3.8) is 0 Å². The second-order valence-electron chi connectivity index (χ2n) is 8.81. The minimum Gasteiger partial charge on any atom is -0.444 e. The number of benzene rings is 1. The van der Waals surface area contributed by atoms with E-state index in [9.17, 15) is 14.4 Å². The highest BCUT2D eigenvalue weighted by Gasteiger charge is 2.32. The number of amides is 3. The number of nitrogens with zero attached hydrogens (tertiary/aromatic N) is 1. The maximum Gasteiger partial charge on any atom is 0.408 e. The van der Waals surface area contributed by atoms with Gasteiger partial charge in [-0.15, -0.1) is 6.42 Å². The second-order valence-corrected chi connectivity index (χ2v) is 8.81. The summed E-state index contributed by atoms with van der Waals surface area (Å²) in [6.45, 7) is 11.2. The zero-order chi connectivity index (χ0) is 24.3. The van der Waals surface area contributed by atoms with Crippen molar-refractivity contribution in [2.75, 3.05) is 13.1 Å². The number of hydrogen-bond acceptors (Lipinski definition) is 4. The molecule has 2 unspecified atom stereocenters. The van der Waals surface area contributed by atoms with Crippen LogP contribution in [0.15, 0.2) is 24.3 Å². The average molecular weight is 444 g/mol. The molecule has 0 spiro atoms. The van der Waals surface area contributed by atoms with E-state index in [4.69, 9.17) is 11.2 Å². The number of rotatable bonds is 10. The van der Waals surface area contributed by atoms with Crippen LogP contribution in [0.4, 0.5) is 4.79 Å². The minimum atomic E-state index is -0.839. The molecule has 32 heavy (non-hydrogen) atoms. The van der Waals surface area contributed by atoms with Gasteiger partial charge >= 0.3 is 6.09 Å². The van der Waals surface area contributed by atoms with Gasteiger partial charge < -0.3 is 20.3 Å². The molecule has 0 aromatic heterocycles. The van der Waals surface area contributed by atoms with E-state index in [1.54, 1.807) is 45.0 Å². The van der Waals surface area contributed by atoms with Crippen molar-refractivity contribution in [1.29, 1.82) is 0 Å². The molecule has 0 heterocycles. The lowest BCUT2D eigenvalue weighted by Crippen LogP contribution is -2.49. The quantitative estimate of drug-likeness (QED) is 0.539. The normalized spacial score (nSPS) is 12.8. The van der Waals surface area contributed by atoms with Gasteiger partial charge in [0.25, 0.3) is 0 Å². The summed E-state index contributed by atoms with van der Waals surface area (Å²) in [6.07, 6.45) is 7.18. The molecule has 0 aliphatic carbocycles. The minimum absolute atomic E-state index is 0.0292. The lowest BCUT2D eigenvalue weighted by molar-refractivity contribution is -0.140. The van der Waals surface area contributed by atoms with Gasteiger partial charge in [-0.05, 0) is 58.2 Å². The Bertz CT molecular complexity index is 806. The standard InChI is InChI=1S/C25H37N3O4/c1-8-11-18(4)27-23(30)22(20-14-12-19(10-3)13-15-20)28(16-9-2)21(29)17-26-24(31)32-25(5,6)7/h3,12-15,18,22H,8-9,11,16-17H2,1-2,4-7H3,(H,26,31)(H,27,30). The van der Waals surface area contributed by atoms with Gasteiger partial charge in [-0.1, -0.05) is 38.3 Å². The van der Waals surface area contributed by atoms with Crippen LogP contribution in [0.5, 0.6) is 0 Å². The van der Waals surface area contributed by atoms with E-state index in [1.807, 2.05) is 20.8 Å². The van der Waals surface area contributed by atoms with Gasteiger partial charge in [0.15, 0.2) is 0 Å². The number of carbonyl (C=O) groups excluding carboxylic acids is 3. The molecule has 0 saturated carbocycles. The summed E-state index contributed by atoms with van der Waals surface area (Å²) in [4.78, 5) is 39.9. The van der Waals surface area contributed by atoms with E-state index >= 15 is 0 Å². The topological polar surface area (TPSA) is 87.7 Å². The third kappa shape index (κ3) is 9.01. The SMILES string of the molecule is C#Cc1ccc(C(C(=O)NC(C)CCC)N(CCC)C(=O)CNC(=O)OC(C)(C)C)cc1. The molecule has 1 aromatic carbocycles. The number of terminal acetylenes is 1. The van der Waals surface area contributed by atoms with Crippen molar-refractivity contribution in [2.45, 2.75) is 78.5 Å². The maximum absolute atomic E-state index is 13.3. The number of carbonyl (C=O) groups is 3. The molecule has 0 saturated heterocycles. The Morgan fingerprint density at radius 3 is 2.25 bits per heavy atom. The highest BCUT2D eigenvalue weighted by Crippen LogP contribution is 2.23. The predicted molar refractivity (Wildman–Crippen MR) is 126 cm³/mol. The van der Waals surface area contributed by atoms with E-state index in [0.29, 0.717) is 24.1 Å². The van der Waals surface area contributed by atoms with Crippen LogP contribution in [0, 0.1) is 12.3 Å². The molecule has 2 N–H and O–H groups in total. The average Bonchev–Trinajstić information content (AvgIpc) is 2.71. The van der Waals surface area contributed by atoms with E-state index in [2.05, 4.69) is 16.6 Å². The number of ether oxygens (including phenoxy) is 1. The highest BCUT2D eigenvalue weighted by atomic mass is 16.6. The number of hydrogen-bond donors (Lipinski definition) is 2. The predicted octanol–water partition coefficient (Wildman–Crippen LogP) is 3.78. The first-order chi connectivity index (χ1) is 15.0. The molecule has 1 aromatic rings. The zero-order valence-electron chi connectivity index (χ0n) is 20.2. The van der Waals surface area contributed by atoms with Gasteiger partial charge in [0.1, 0.15) is 18.2 Å². The Morgan fingerprint density at radius 2 is 1.75 bits per heavy atom. The molecular weight excluding hydrogens is 406 g/mol. The van der Waals surface area contributed by atoms with E-state index < -0.39 is 17.7 Å². The summed E-state index contributed by atoms with van der Waals surface area (Å²) in [6, 6.07) is 6.16. The molecule has 1 rings (SSSR count). The first-order valence-electron chi connectivity index (χ1n) is 11.2. The van der Waals surface area contributed by atoms with Crippen LogP contribution in [-0.4, -0.2) is 47.5 Å². The Morgan fingerprint density at radius 1 is 1.12 bits per heavy atom. The van der Waals surface area contributed by atoms with Crippen LogP contribution < -0.4 is 10.6 Å². The molecule has 0 aliphatic rings. The van der Waals surface area contributed by atoms with Gasteiger partial charge in [-0.25, -0.2) is 4.79 Å². The fourth-order valence-corrected chi connectivity index (χ4v) is 3.26. The summed E-state index contributed by atoms with van der Waals surface area (Å²) in [7, 11) is 0. The summed E-state index contributed by atoms with van der Waals surface area (Å²) in [5.74, 6) is 1.92. The van der Waals surface area contributed by atoms with Gasteiger partial charge in [0.2, 0.25) is 11.8 Å². The molecule has 0 radical (unpaired) electrons. The monoisotopic (exact) mass is 443 g/mol. The molecule has 0 aliphatic heterocycles. The van der Waals surface area contributed by atoms with Gasteiger partial charge in [0.05, 0.1) is 0 Å². The molecule has 0 fully saturated rings. The van der Waals surface area contributed by atoms with E-state index in [-0.39, 0.29) is 24.4 Å². The van der Waals surface area contributed by atoms with Crippen LogP contribution in [0.2, 0.25) is 0 Å². The van der Waals surface area contributed by atoms with Crippen molar-refractivity contribution in [1.82, 2.24) is 15.5 Å². The first kappa shape index (κ1) is 27.0. The van der Waals surface area contributed by atoms with Crippen LogP contribution in [0.3, 0.4) is 0 Å². The van der Waals surface area contributed by atoms with Crippen molar-refractivity contribution < 1.29 is 19.1 Å². The van der Waals surface area contributed by atoms with Crippen LogP contribution in [0.25, 0.3) is 0 Å². The molecule has 2 atom stereocenters. The molecule has 7 heteroatoms.